The molecule has 0 bridgehead atoms. The van der Waals surface area contributed by atoms with E-state index in [2.05, 4.69) is 5.32 Å². The predicted octanol–water partition coefficient (Wildman–Crippen LogP) is 4.15. The van der Waals surface area contributed by atoms with Crippen molar-refractivity contribution >= 4 is 33.2 Å². The zero-order valence-corrected chi connectivity index (χ0v) is 17.7. The van der Waals surface area contributed by atoms with Gasteiger partial charge in [0.15, 0.2) is 0 Å². The lowest BCUT2D eigenvalue weighted by Crippen LogP contribution is -2.41. The van der Waals surface area contributed by atoms with Crippen LogP contribution in [0.1, 0.15) is 17.2 Å². The highest BCUT2D eigenvalue weighted by atomic mass is 35.5. The standard InChI is InChI=1S/C22H20ClFN2O3S/c1-30(28,29)26(18-12-13-20(24)19(23)14-18)15-21(27)25-22(16-8-4-2-5-9-16)17-10-6-3-7-11-17/h2-14,22H,15H2,1H3,(H,25,27). The molecule has 0 aliphatic rings. The molecule has 0 unspecified atom stereocenters. The summed E-state index contributed by atoms with van der Waals surface area (Å²) in [6.07, 6.45) is 0.976. The van der Waals surface area contributed by atoms with Crippen molar-refractivity contribution in [2.45, 2.75) is 6.04 Å². The second kappa shape index (κ2) is 9.28. The van der Waals surface area contributed by atoms with E-state index < -0.39 is 34.3 Å². The molecule has 0 aliphatic heterocycles. The van der Waals surface area contributed by atoms with Crippen molar-refractivity contribution in [3.05, 3.63) is 101 Å². The summed E-state index contributed by atoms with van der Waals surface area (Å²) in [4.78, 5) is 12.9. The van der Waals surface area contributed by atoms with Crippen LogP contribution in [0.15, 0.2) is 78.9 Å². The van der Waals surface area contributed by atoms with Gasteiger partial charge in [0.2, 0.25) is 15.9 Å². The number of hydrogen-bond donors (Lipinski definition) is 1. The molecule has 0 saturated heterocycles. The molecule has 8 heteroatoms. The fourth-order valence-electron chi connectivity index (χ4n) is 3.03. The highest BCUT2D eigenvalue weighted by molar-refractivity contribution is 7.92. The third-order valence-corrected chi connectivity index (χ3v) is 5.88. The van der Waals surface area contributed by atoms with Gasteiger partial charge in [-0.05, 0) is 29.3 Å². The summed E-state index contributed by atoms with van der Waals surface area (Å²) in [5.41, 5.74) is 1.82. The van der Waals surface area contributed by atoms with E-state index in [1.807, 2.05) is 60.7 Å². The molecule has 0 spiro atoms. The summed E-state index contributed by atoms with van der Waals surface area (Å²) in [5.74, 6) is -1.19. The van der Waals surface area contributed by atoms with Crippen molar-refractivity contribution < 1.29 is 17.6 Å². The van der Waals surface area contributed by atoms with Crippen LogP contribution in [0.2, 0.25) is 5.02 Å². The van der Waals surface area contributed by atoms with E-state index in [1.165, 1.54) is 12.1 Å². The number of sulfonamides is 1. The summed E-state index contributed by atoms with van der Waals surface area (Å²) in [6.45, 7) is -0.475. The lowest BCUT2D eigenvalue weighted by atomic mass is 9.99. The second-order valence-corrected chi connectivity index (χ2v) is 9.00. The molecule has 0 saturated carbocycles. The molecule has 1 N–H and O–H groups in total. The minimum atomic E-state index is -3.82. The fourth-order valence-corrected chi connectivity index (χ4v) is 4.05. The maximum absolute atomic E-state index is 13.5. The fraction of sp³-hybridized carbons (Fsp3) is 0.136. The molecule has 156 valence electrons. The van der Waals surface area contributed by atoms with E-state index in [0.717, 1.165) is 27.8 Å². The van der Waals surface area contributed by atoms with Crippen LogP contribution in [0.5, 0.6) is 0 Å². The van der Waals surface area contributed by atoms with Crippen molar-refractivity contribution in [3.8, 4) is 0 Å². The van der Waals surface area contributed by atoms with Gasteiger partial charge in [0, 0.05) is 0 Å². The van der Waals surface area contributed by atoms with Crippen LogP contribution < -0.4 is 9.62 Å². The molecule has 30 heavy (non-hydrogen) atoms. The van der Waals surface area contributed by atoms with Crippen LogP contribution in [0.3, 0.4) is 0 Å². The molecule has 0 aromatic heterocycles. The summed E-state index contributed by atoms with van der Waals surface area (Å²) in [7, 11) is -3.82. The van der Waals surface area contributed by atoms with Gasteiger partial charge in [0.1, 0.15) is 12.4 Å². The lowest BCUT2D eigenvalue weighted by Gasteiger charge is -2.25. The molecular weight excluding hydrogens is 427 g/mol. The minimum Gasteiger partial charge on any atom is -0.344 e. The Labute approximate surface area is 180 Å². The molecule has 1 amide bonds. The van der Waals surface area contributed by atoms with Gasteiger partial charge in [-0.1, -0.05) is 72.3 Å². The number of carbonyl (C=O) groups excluding carboxylic acids is 1. The van der Waals surface area contributed by atoms with Crippen molar-refractivity contribution in [2.24, 2.45) is 0 Å². The predicted molar refractivity (Wildman–Crippen MR) is 116 cm³/mol. The highest BCUT2D eigenvalue weighted by Gasteiger charge is 2.24. The third kappa shape index (κ3) is 5.37. The first kappa shape index (κ1) is 21.8. The van der Waals surface area contributed by atoms with Crippen LogP contribution >= 0.6 is 11.6 Å². The third-order valence-electron chi connectivity index (χ3n) is 4.45. The Morgan fingerprint density at radius 3 is 2.00 bits per heavy atom. The Bertz CT molecular complexity index is 1090. The molecule has 0 fully saturated rings. The van der Waals surface area contributed by atoms with Crippen molar-refractivity contribution in [2.75, 3.05) is 17.1 Å². The summed E-state index contributed by atoms with van der Waals surface area (Å²) < 4.78 is 39.0. The average molecular weight is 447 g/mol. The number of carbonyl (C=O) groups is 1. The zero-order chi connectivity index (χ0) is 21.7. The molecule has 5 nitrogen and oxygen atoms in total. The van der Waals surface area contributed by atoms with E-state index in [-0.39, 0.29) is 10.7 Å². The number of hydrogen-bond acceptors (Lipinski definition) is 3. The van der Waals surface area contributed by atoms with Gasteiger partial charge in [-0.2, -0.15) is 0 Å². The number of benzene rings is 3. The maximum Gasteiger partial charge on any atom is 0.241 e. The van der Waals surface area contributed by atoms with Crippen LogP contribution in [-0.4, -0.2) is 27.1 Å². The quantitative estimate of drug-likeness (QED) is 0.592. The number of anilines is 1. The maximum atomic E-state index is 13.5. The van der Waals surface area contributed by atoms with Gasteiger partial charge in [-0.25, -0.2) is 12.8 Å². The summed E-state index contributed by atoms with van der Waals surface area (Å²) >= 11 is 5.79. The minimum absolute atomic E-state index is 0.107. The van der Waals surface area contributed by atoms with E-state index in [9.17, 15) is 17.6 Å². The Balaban J connectivity index is 1.88. The van der Waals surface area contributed by atoms with Gasteiger partial charge in [-0.15, -0.1) is 0 Å². The number of rotatable bonds is 7. The first-order valence-electron chi connectivity index (χ1n) is 9.08. The number of nitrogens with one attached hydrogen (secondary N) is 1. The molecule has 0 atom stereocenters. The summed E-state index contributed by atoms with van der Waals surface area (Å²) in [6, 6.07) is 21.8. The van der Waals surface area contributed by atoms with Gasteiger partial charge in [-0.3, -0.25) is 9.10 Å². The SMILES string of the molecule is CS(=O)(=O)N(CC(=O)NC(c1ccccc1)c1ccccc1)c1ccc(F)c(Cl)c1. The first-order chi connectivity index (χ1) is 14.3. The zero-order valence-electron chi connectivity index (χ0n) is 16.1. The largest absolute Gasteiger partial charge is 0.344 e. The molecule has 3 rings (SSSR count). The van der Waals surface area contributed by atoms with Crippen LogP contribution in [0, 0.1) is 5.82 Å². The van der Waals surface area contributed by atoms with Crippen molar-refractivity contribution in [1.82, 2.24) is 5.32 Å². The molecule has 3 aromatic rings. The van der Waals surface area contributed by atoms with E-state index in [1.54, 1.807) is 0 Å². The monoisotopic (exact) mass is 446 g/mol. The average Bonchev–Trinajstić information content (AvgIpc) is 2.73. The van der Waals surface area contributed by atoms with Gasteiger partial charge in [0.05, 0.1) is 23.0 Å². The normalized spacial score (nSPS) is 11.3. The van der Waals surface area contributed by atoms with E-state index >= 15 is 0 Å². The number of amides is 1. The second-order valence-electron chi connectivity index (χ2n) is 6.69. The van der Waals surface area contributed by atoms with Gasteiger partial charge in [0.25, 0.3) is 0 Å². The Morgan fingerprint density at radius 1 is 1.00 bits per heavy atom. The Kier molecular flexibility index (Phi) is 6.74. The number of nitrogens with zero attached hydrogens (tertiary/aromatic N) is 1. The molecular formula is C22H20ClFN2O3S. The lowest BCUT2D eigenvalue weighted by molar-refractivity contribution is -0.120. The van der Waals surface area contributed by atoms with Crippen molar-refractivity contribution in [3.63, 3.8) is 0 Å². The Morgan fingerprint density at radius 2 is 1.53 bits per heavy atom. The Hall–Kier alpha value is -2.90. The van der Waals surface area contributed by atoms with Crippen LogP contribution in [0.25, 0.3) is 0 Å². The van der Waals surface area contributed by atoms with Crippen LogP contribution in [0.4, 0.5) is 10.1 Å². The molecule has 0 radical (unpaired) electrons. The summed E-state index contributed by atoms with van der Waals surface area (Å²) in [5, 5.41) is 2.67. The molecule has 3 aromatic carbocycles. The van der Waals surface area contributed by atoms with Gasteiger partial charge < -0.3 is 5.32 Å². The van der Waals surface area contributed by atoms with Crippen LogP contribution in [-0.2, 0) is 14.8 Å². The topological polar surface area (TPSA) is 66.5 Å². The first-order valence-corrected chi connectivity index (χ1v) is 11.3. The van der Waals surface area contributed by atoms with Gasteiger partial charge >= 0.3 is 0 Å². The highest BCUT2D eigenvalue weighted by Crippen LogP contribution is 2.25. The smallest absolute Gasteiger partial charge is 0.241 e. The van der Waals surface area contributed by atoms with E-state index in [0.29, 0.717) is 0 Å². The van der Waals surface area contributed by atoms with Crippen molar-refractivity contribution in [1.29, 1.82) is 0 Å². The molecule has 0 heterocycles. The van der Waals surface area contributed by atoms with E-state index in [4.69, 9.17) is 11.6 Å². The number of halogens is 2. The molecule has 0 aliphatic carbocycles.